The molecule has 4 aliphatic carbocycles. The summed E-state index contributed by atoms with van der Waals surface area (Å²) in [6.07, 6.45) is 5.85. The molecule has 0 amide bonds. The van der Waals surface area contributed by atoms with Crippen molar-refractivity contribution >= 4 is 0 Å². The zero-order valence-electron chi connectivity index (χ0n) is 23.8. The van der Waals surface area contributed by atoms with Crippen molar-refractivity contribution < 1.29 is 0 Å². The number of rotatable bonds is 0. The monoisotopic (exact) mass is 536 g/mol. The minimum Gasteiger partial charge on any atom is -0.0909 e. The first-order chi connectivity index (χ1) is 20.6. The molecule has 4 saturated carbocycles. The molecule has 0 nitrogen and oxygen atoms in total. The van der Waals surface area contributed by atoms with E-state index in [9.17, 15) is 0 Å². The minimum atomic E-state index is -0.188. The third-order valence-electron chi connectivity index (χ3n) is 9.04. The molecule has 0 unspecified atom stereocenters. The molecule has 200 valence electrons. The van der Waals surface area contributed by atoms with Gasteiger partial charge in [0.1, 0.15) is 0 Å². The molecule has 0 atom stereocenters. The third-order valence-corrected chi connectivity index (χ3v) is 9.04. The Morgan fingerprint density at radius 2 is 0.476 bits per heavy atom. The van der Waals surface area contributed by atoms with E-state index in [4.69, 9.17) is 0 Å². The smallest absolute Gasteiger partial charge is 0.0361 e. The first-order valence-electron chi connectivity index (χ1n) is 14.9. The van der Waals surface area contributed by atoms with Crippen LogP contribution >= 0.6 is 0 Å². The van der Waals surface area contributed by atoms with Gasteiger partial charge in [-0.25, -0.2) is 0 Å². The van der Waals surface area contributed by atoms with Crippen LogP contribution in [0.4, 0.5) is 0 Å². The summed E-state index contributed by atoms with van der Waals surface area (Å²) >= 11 is 0. The molecule has 0 aromatic heterocycles. The quantitative estimate of drug-likeness (QED) is 0.198. The van der Waals surface area contributed by atoms with Crippen LogP contribution in [0.5, 0.6) is 0 Å². The van der Waals surface area contributed by atoms with Crippen LogP contribution in [-0.4, -0.2) is 0 Å². The Morgan fingerprint density at radius 3 is 0.667 bits per heavy atom. The molecule has 4 bridgehead atoms. The Morgan fingerprint density at radius 1 is 0.286 bits per heavy atom. The van der Waals surface area contributed by atoms with Crippen molar-refractivity contribution in [2.24, 2.45) is 21.7 Å². The molecular formula is C42H32. The van der Waals surface area contributed by atoms with Gasteiger partial charge in [-0.1, -0.05) is 120 Å². The van der Waals surface area contributed by atoms with Crippen LogP contribution in [0, 0.1) is 69.0 Å². The molecule has 4 aromatic rings. The highest BCUT2D eigenvalue weighted by Gasteiger charge is 2.67. The molecule has 0 heterocycles. The van der Waals surface area contributed by atoms with Crippen LogP contribution in [0.15, 0.2) is 121 Å². The average molecular weight is 537 g/mol. The lowest BCUT2D eigenvalue weighted by molar-refractivity contribution is -0.113. The van der Waals surface area contributed by atoms with E-state index in [1.54, 1.807) is 0 Å². The number of hydrogen-bond acceptors (Lipinski definition) is 0. The molecule has 0 spiro atoms. The summed E-state index contributed by atoms with van der Waals surface area (Å²) in [6.45, 7) is 0. The average Bonchev–Trinajstić information content (AvgIpc) is 3.03. The van der Waals surface area contributed by atoms with Crippen LogP contribution in [-0.2, 0) is 0 Å². The topological polar surface area (TPSA) is 0 Å². The molecule has 8 rings (SSSR count). The van der Waals surface area contributed by atoms with Gasteiger partial charge in [0.25, 0.3) is 0 Å². The van der Waals surface area contributed by atoms with Gasteiger partial charge in [-0.3, -0.25) is 0 Å². The summed E-state index contributed by atoms with van der Waals surface area (Å²) in [6, 6.07) is 41.6. The van der Waals surface area contributed by atoms with E-state index in [0.717, 1.165) is 60.8 Å². The summed E-state index contributed by atoms with van der Waals surface area (Å²) < 4.78 is 0. The third kappa shape index (κ3) is 5.39. The van der Waals surface area contributed by atoms with Crippen molar-refractivity contribution in [3.05, 3.63) is 144 Å². The summed E-state index contributed by atoms with van der Waals surface area (Å²) in [5, 5.41) is 0. The highest BCUT2D eigenvalue weighted by atomic mass is 14.7. The van der Waals surface area contributed by atoms with Gasteiger partial charge in [-0.15, -0.1) is 0 Å². The second-order valence-corrected chi connectivity index (χ2v) is 12.6. The first-order valence-corrected chi connectivity index (χ1v) is 14.9. The summed E-state index contributed by atoms with van der Waals surface area (Å²) in [5.74, 6) is 29.8. The Labute approximate surface area is 250 Å². The zero-order chi connectivity index (χ0) is 28.4. The second-order valence-electron chi connectivity index (χ2n) is 12.6. The molecule has 0 aliphatic heterocycles. The molecular weight excluding hydrogens is 504 g/mol. The lowest BCUT2D eigenvalue weighted by atomic mass is 9.36. The van der Waals surface area contributed by atoms with Gasteiger partial charge in [-0.05, 0) is 87.1 Å². The van der Waals surface area contributed by atoms with Crippen LogP contribution < -0.4 is 0 Å². The predicted octanol–water partition coefficient (Wildman–Crippen LogP) is 8.52. The van der Waals surface area contributed by atoms with Crippen molar-refractivity contribution in [3.63, 3.8) is 0 Å². The van der Waals surface area contributed by atoms with E-state index in [-0.39, 0.29) is 21.7 Å². The van der Waals surface area contributed by atoms with Gasteiger partial charge in [0.15, 0.2) is 0 Å². The van der Waals surface area contributed by atoms with Gasteiger partial charge in [-0.2, -0.15) is 0 Å². The highest BCUT2D eigenvalue weighted by Crippen LogP contribution is 2.73. The normalized spacial score (nSPS) is 28.0. The molecule has 0 heteroatoms. The van der Waals surface area contributed by atoms with Crippen LogP contribution in [0.3, 0.4) is 0 Å². The van der Waals surface area contributed by atoms with E-state index in [1.807, 2.05) is 24.3 Å². The van der Waals surface area contributed by atoms with Crippen molar-refractivity contribution in [1.82, 2.24) is 0 Å². The van der Waals surface area contributed by atoms with Crippen LogP contribution in [0.1, 0.15) is 60.8 Å². The fourth-order valence-corrected chi connectivity index (χ4v) is 8.07. The maximum absolute atomic E-state index is 3.86. The van der Waals surface area contributed by atoms with Gasteiger partial charge in [0, 0.05) is 43.9 Å². The summed E-state index contributed by atoms with van der Waals surface area (Å²) in [7, 11) is 0. The number of benzene rings is 4. The summed E-state index contributed by atoms with van der Waals surface area (Å²) in [5.41, 5.74) is 3.50. The Kier molecular flexibility index (Phi) is 6.52. The Bertz CT molecular complexity index is 1520. The zero-order valence-corrected chi connectivity index (χ0v) is 23.8. The molecule has 42 heavy (non-hydrogen) atoms. The highest BCUT2D eigenvalue weighted by molar-refractivity contribution is 5.47. The second kappa shape index (κ2) is 10.5. The van der Waals surface area contributed by atoms with Crippen LogP contribution in [0.2, 0.25) is 0 Å². The van der Waals surface area contributed by atoms with E-state index >= 15 is 0 Å². The lowest BCUT2D eigenvalue weighted by Crippen LogP contribution is -2.60. The largest absolute Gasteiger partial charge is 0.0909 e. The fraction of sp³-hybridized carbons (Fsp3) is 0.238. The molecule has 4 aromatic carbocycles. The molecule has 0 saturated heterocycles. The SMILES string of the molecule is C(#CC12CC3(C#Cc4ccccc4)CC(C#Cc4ccccc4)(C1)CC(C#Cc1ccccc1)(C2)C3)c1ccccc1. The van der Waals surface area contributed by atoms with Crippen molar-refractivity contribution in [3.8, 4) is 47.4 Å². The minimum absolute atomic E-state index is 0.188. The summed E-state index contributed by atoms with van der Waals surface area (Å²) in [4.78, 5) is 0. The standard InChI is InChI=1S/C42H32/c1-5-13-35(14-6-1)21-25-39-29-40(26-22-36-15-7-2-8-16-36)32-41(30-39,27-23-37-17-9-3-10-18-37)34-42(31-39,33-40)28-24-38-19-11-4-12-20-38/h1-20H,29-34H2. The van der Waals surface area contributed by atoms with E-state index in [1.165, 1.54) is 0 Å². The first kappa shape index (κ1) is 26.0. The van der Waals surface area contributed by atoms with Gasteiger partial charge >= 0.3 is 0 Å². The Hall–Kier alpha value is -4.88. The maximum atomic E-state index is 3.86. The molecule has 0 radical (unpaired) electrons. The van der Waals surface area contributed by atoms with Crippen LogP contribution in [0.25, 0.3) is 0 Å². The molecule has 4 fully saturated rings. The van der Waals surface area contributed by atoms with Crippen molar-refractivity contribution in [1.29, 1.82) is 0 Å². The van der Waals surface area contributed by atoms with E-state index < -0.39 is 0 Å². The maximum Gasteiger partial charge on any atom is 0.0361 e. The van der Waals surface area contributed by atoms with E-state index in [2.05, 4.69) is 144 Å². The van der Waals surface area contributed by atoms with Gasteiger partial charge in [0.05, 0.1) is 0 Å². The van der Waals surface area contributed by atoms with Crippen molar-refractivity contribution in [2.75, 3.05) is 0 Å². The van der Waals surface area contributed by atoms with Crippen molar-refractivity contribution in [2.45, 2.75) is 38.5 Å². The van der Waals surface area contributed by atoms with Gasteiger partial charge < -0.3 is 0 Å². The Balaban J connectivity index is 1.39. The van der Waals surface area contributed by atoms with Gasteiger partial charge in [0.2, 0.25) is 0 Å². The molecule has 0 N–H and O–H groups in total. The lowest BCUT2D eigenvalue weighted by Gasteiger charge is -2.65. The van der Waals surface area contributed by atoms with E-state index in [0.29, 0.717) is 0 Å². The predicted molar refractivity (Wildman–Crippen MR) is 171 cm³/mol. The fourth-order valence-electron chi connectivity index (χ4n) is 8.07. The number of hydrogen-bond donors (Lipinski definition) is 0. The molecule has 4 aliphatic rings.